The average Bonchev–Trinajstić information content (AvgIpc) is 2.54. The van der Waals surface area contributed by atoms with Gasteiger partial charge in [0, 0.05) is 17.3 Å². The highest BCUT2D eigenvalue weighted by Crippen LogP contribution is 2.23. The summed E-state index contributed by atoms with van der Waals surface area (Å²) in [4.78, 5) is 3.25. The second-order valence-corrected chi connectivity index (χ2v) is 3.58. The number of nitrogens with one attached hydrogen (secondary N) is 1. The van der Waals surface area contributed by atoms with E-state index in [1.807, 2.05) is 18.2 Å². The Hall–Kier alpha value is -1.77. The van der Waals surface area contributed by atoms with Crippen molar-refractivity contribution < 1.29 is 4.74 Å². The molecule has 0 unspecified atom stereocenters. The topological polar surface area (TPSA) is 41.9 Å². The summed E-state index contributed by atoms with van der Waals surface area (Å²) >= 11 is 0. The minimum absolute atomic E-state index is 0.564. The molecule has 0 radical (unpaired) electrons. The number of rotatable bonds is 0. The first-order valence-electron chi connectivity index (χ1n) is 4.73. The first-order valence-corrected chi connectivity index (χ1v) is 4.73. The molecule has 0 amide bonds. The SMILES string of the molecule is [O-][N+]1=Cc2[nH]c3ccccc3c2CC1. The van der Waals surface area contributed by atoms with Crippen molar-refractivity contribution in [3.8, 4) is 0 Å². The summed E-state index contributed by atoms with van der Waals surface area (Å²) in [5.74, 6) is 0. The lowest BCUT2D eigenvalue weighted by atomic mass is 10.1. The van der Waals surface area contributed by atoms with Gasteiger partial charge in [-0.2, -0.15) is 0 Å². The van der Waals surface area contributed by atoms with Crippen molar-refractivity contribution in [2.24, 2.45) is 0 Å². The van der Waals surface area contributed by atoms with E-state index in [0.717, 1.165) is 22.4 Å². The summed E-state index contributed by atoms with van der Waals surface area (Å²) < 4.78 is 0.984. The zero-order valence-electron chi connectivity index (χ0n) is 7.66. The Morgan fingerprint density at radius 3 is 3.07 bits per heavy atom. The van der Waals surface area contributed by atoms with Crippen molar-refractivity contribution in [3.05, 3.63) is 40.7 Å². The van der Waals surface area contributed by atoms with E-state index in [1.165, 1.54) is 10.9 Å². The molecule has 1 aliphatic heterocycles. The van der Waals surface area contributed by atoms with E-state index in [1.54, 1.807) is 6.21 Å². The first-order chi connectivity index (χ1) is 6.84. The fraction of sp³-hybridized carbons (Fsp3) is 0.182. The summed E-state index contributed by atoms with van der Waals surface area (Å²) in [6, 6.07) is 8.16. The van der Waals surface area contributed by atoms with Crippen LogP contribution in [0.5, 0.6) is 0 Å². The second-order valence-electron chi connectivity index (χ2n) is 3.58. The molecule has 0 saturated carbocycles. The standard InChI is InChI=1S/C11H10N2O/c14-13-6-5-9-8-3-1-2-4-10(8)12-11(9)7-13/h1-4,7,12H,5-6H2. The molecule has 3 heteroatoms. The molecule has 1 N–H and O–H groups in total. The van der Waals surface area contributed by atoms with Crippen molar-refractivity contribution in [1.82, 2.24) is 4.98 Å². The Morgan fingerprint density at radius 2 is 2.14 bits per heavy atom. The molecule has 1 aliphatic rings. The summed E-state index contributed by atoms with van der Waals surface area (Å²) in [7, 11) is 0. The Bertz CT molecular complexity index is 525. The Kier molecular flexibility index (Phi) is 1.42. The Labute approximate surface area is 81.3 Å². The van der Waals surface area contributed by atoms with Crippen LogP contribution in [0.3, 0.4) is 0 Å². The third-order valence-corrected chi connectivity index (χ3v) is 2.70. The largest absolute Gasteiger partial charge is 0.624 e. The van der Waals surface area contributed by atoms with Gasteiger partial charge in [-0.05, 0) is 11.6 Å². The molecule has 2 heterocycles. The van der Waals surface area contributed by atoms with Crippen LogP contribution >= 0.6 is 0 Å². The molecule has 0 aliphatic carbocycles. The molecule has 3 nitrogen and oxygen atoms in total. The summed E-state index contributed by atoms with van der Waals surface area (Å²) in [6.07, 6.45) is 2.47. The number of hydrogen-bond acceptors (Lipinski definition) is 1. The number of aromatic nitrogens is 1. The van der Waals surface area contributed by atoms with Crippen molar-refractivity contribution in [2.75, 3.05) is 6.54 Å². The average molecular weight is 186 g/mol. The number of hydroxylamine groups is 1. The molecule has 1 aromatic carbocycles. The fourth-order valence-corrected chi connectivity index (χ4v) is 2.03. The summed E-state index contributed by atoms with van der Waals surface area (Å²) in [6.45, 7) is 0.564. The van der Waals surface area contributed by atoms with Gasteiger partial charge < -0.3 is 10.2 Å². The normalized spacial score (nSPS) is 15.3. The van der Waals surface area contributed by atoms with Crippen LogP contribution in [0.1, 0.15) is 11.3 Å². The van der Waals surface area contributed by atoms with Crippen LogP contribution in [0, 0.1) is 5.21 Å². The maximum atomic E-state index is 11.1. The van der Waals surface area contributed by atoms with Crippen molar-refractivity contribution in [2.45, 2.75) is 6.42 Å². The van der Waals surface area contributed by atoms with E-state index in [9.17, 15) is 5.21 Å². The van der Waals surface area contributed by atoms with Crippen molar-refractivity contribution in [1.29, 1.82) is 0 Å². The van der Waals surface area contributed by atoms with Crippen LogP contribution in [0.4, 0.5) is 0 Å². The van der Waals surface area contributed by atoms with Crippen LogP contribution in [0.15, 0.2) is 24.3 Å². The highest BCUT2D eigenvalue weighted by molar-refractivity contribution is 5.92. The molecule has 0 saturated heterocycles. The molecule has 0 atom stereocenters. The number of aromatic amines is 1. The smallest absolute Gasteiger partial charge is 0.198 e. The van der Waals surface area contributed by atoms with Crippen molar-refractivity contribution in [3.63, 3.8) is 0 Å². The molecule has 70 valence electrons. The molecular formula is C11H10N2O. The number of para-hydroxylation sites is 1. The molecule has 0 spiro atoms. The maximum Gasteiger partial charge on any atom is 0.198 e. The number of nitrogens with zero attached hydrogens (tertiary/aromatic N) is 1. The molecule has 0 bridgehead atoms. The monoisotopic (exact) mass is 186 g/mol. The number of hydrogen-bond donors (Lipinski definition) is 1. The second kappa shape index (κ2) is 2.61. The van der Waals surface area contributed by atoms with Gasteiger partial charge in [0.15, 0.2) is 12.8 Å². The van der Waals surface area contributed by atoms with E-state index < -0.39 is 0 Å². The molecule has 0 fully saturated rings. The highest BCUT2D eigenvalue weighted by atomic mass is 16.5. The van der Waals surface area contributed by atoms with E-state index in [0.29, 0.717) is 6.54 Å². The minimum Gasteiger partial charge on any atom is -0.624 e. The maximum absolute atomic E-state index is 11.1. The van der Waals surface area contributed by atoms with E-state index >= 15 is 0 Å². The van der Waals surface area contributed by atoms with Gasteiger partial charge in [0.25, 0.3) is 0 Å². The zero-order chi connectivity index (χ0) is 9.54. The van der Waals surface area contributed by atoms with Crippen LogP contribution in [0.25, 0.3) is 10.9 Å². The van der Waals surface area contributed by atoms with Gasteiger partial charge >= 0.3 is 0 Å². The number of benzene rings is 1. The van der Waals surface area contributed by atoms with Gasteiger partial charge in [-0.3, -0.25) is 0 Å². The highest BCUT2D eigenvalue weighted by Gasteiger charge is 2.16. The number of H-pyrrole nitrogens is 1. The van der Waals surface area contributed by atoms with Gasteiger partial charge in [-0.25, -0.2) is 4.74 Å². The van der Waals surface area contributed by atoms with E-state index in [2.05, 4.69) is 11.1 Å². The lowest BCUT2D eigenvalue weighted by Crippen LogP contribution is -2.16. The molecule has 14 heavy (non-hydrogen) atoms. The summed E-state index contributed by atoms with van der Waals surface area (Å²) in [5, 5.41) is 12.4. The van der Waals surface area contributed by atoms with Gasteiger partial charge in [0.2, 0.25) is 0 Å². The Balaban J connectivity index is 2.35. The van der Waals surface area contributed by atoms with Gasteiger partial charge in [0.1, 0.15) is 5.69 Å². The van der Waals surface area contributed by atoms with E-state index in [-0.39, 0.29) is 0 Å². The predicted octanol–water partition coefficient (Wildman–Crippen LogP) is 1.65. The minimum atomic E-state index is 0.564. The van der Waals surface area contributed by atoms with E-state index in [4.69, 9.17) is 0 Å². The molecule has 3 rings (SSSR count). The third kappa shape index (κ3) is 0.954. The van der Waals surface area contributed by atoms with Gasteiger partial charge in [-0.1, -0.05) is 18.2 Å². The zero-order valence-corrected chi connectivity index (χ0v) is 7.66. The summed E-state index contributed by atoms with van der Waals surface area (Å²) in [5.41, 5.74) is 3.35. The fourth-order valence-electron chi connectivity index (χ4n) is 2.03. The quantitative estimate of drug-likeness (QED) is 0.493. The van der Waals surface area contributed by atoms with Gasteiger partial charge in [-0.15, -0.1) is 0 Å². The van der Waals surface area contributed by atoms with Crippen LogP contribution < -0.4 is 0 Å². The predicted molar refractivity (Wildman–Crippen MR) is 55.7 cm³/mol. The van der Waals surface area contributed by atoms with Crippen LogP contribution in [0.2, 0.25) is 0 Å². The van der Waals surface area contributed by atoms with Crippen LogP contribution in [-0.2, 0) is 6.42 Å². The van der Waals surface area contributed by atoms with Crippen molar-refractivity contribution >= 4 is 17.1 Å². The third-order valence-electron chi connectivity index (χ3n) is 2.70. The molecule has 1 aromatic heterocycles. The molecule has 2 aromatic rings. The lowest BCUT2D eigenvalue weighted by Gasteiger charge is -2.08. The van der Waals surface area contributed by atoms with Gasteiger partial charge in [0.05, 0.1) is 0 Å². The lowest BCUT2D eigenvalue weighted by molar-refractivity contribution is -0.453. The Morgan fingerprint density at radius 1 is 1.29 bits per heavy atom. The first kappa shape index (κ1) is 7.62. The van der Waals surface area contributed by atoms with Crippen LogP contribution in [-0.4, -0.2) is 22.5 Å². The number of fused-ring (bicyclic) bond motifs is 3. The molecular weight excluding hydrogens is 176 g/mol.